The van der Waals surface area contributed by atoms with Crippen molar-refractivity contribution in [2.45, 2.75) is 97.6 Å². The normalized spacial score (nSPS) is 12.2. The quantitative estimate of drug-likeness (QED) is 0.185. The van der Waals surface area contributed by atoms with Crippen LogP contribution in [0.15, 0.2) is 66.9 Å². The highest BCUT2D eigenvalue weighted by Crippen LogP contribution is 2.22. The fraction of sp³-hybridized carbons (Fsp3) is 0.500. The van der Waals surface area contributed by atoms with Crippen molar-refractivity contribution >= 4 is 0 Å². The summed E-state index contributed by atoms with van der Waals surface area (Å²) in [6.07, 6.45) is 14.0. The Balaban J connectivity index is 1.77. The number of imidazole rings is 1. The Kier molecular flexibility index (Phi) is 10.1. The molecule has 2 nitrogen and oxygen atoms in total. The maximum Gasteiger partial charge on any atom is 0.261 e. The molecule has 1 heterocycles. The summed E-state index contributed by atoms with van der Waals surface area (Å²) >= 11 is 0. The highest BCUT2D eigenvalue weighted by Gasteiger charge is 2.24. The van der Waals surface area contributed by atoms with Crippen molar-refractivity contribution in [3.63, 3.8) is 0 Å². The molecule has 0 saturated carbocycles. The summed E-state index contributed by atoms with van der Waals surface area (Å²) in [5.41, 5.74) is 4.32. The lowest BCUT2D eigenvalue weighted by Crippen LogP contribution is -2.36. The third kappa shape index (κ3) is 7.08. The zero-order valence-corrected chi connectivity index (χ0v) is 20.6. The van der Waals surface area contributed by atoms with E-state index in [0.29, 0.717) is 5.92 Å². The summed E-state index contributed by atoms with van der Waals surface area (Å²) in [6, 6.07) is 21.9. The molecule has 2 heteroatoms. The van der Waals surface area contributed by atoms with Gasteiger partial charge in [-0.15, -0.1) is 0 Å². The highest BCUT2D eigenvalue weighted by atomic mass is 15.2. The zero-order valence-electron chi connectivity index (χ0n) is 20.6. The van der Waals surface area contributed by atoms with Crippen LogP contribution in [0.5, 0.6) is 0 Å². The molecule has 0 bridgehead atoms. The SMILES string of the molecule is CCCCCCCCCn1c(CC(C)c2ccccc2)c[n+](CC)c1Cc1ccccc1. The van der Waals surface area contributed by atoms with E-state index < -0.39 is 0 Å². The molecule has 0 amide bonds. The van der Waals surface area contributed by atoms with E-state index in [1.165, 1.54) is 67.6 Å². The summed E-state index contributed by atoms with van der Waals surface area (Å²) in [6.45, 7) is 9.10. The number of rotatable bonds is 14. The van der Waals surface area contributed by atoms with Gasteiger partial charge >= 0.3 is 0 Å². The smallest absolute Gasteiger partial charge is 0.234 e. The third-order valence-electron chi connectivity index (χ3n) is 6.71. The van der Waals surface area contributed by atoms with Crippen LogP contribution in [-0.4, -0.2) is 4.57 Å². The first kappa shape index (κ1) is 24.3. The lowest BCUT2D eigenvalue weighted by molar-refractivity contribution is -0.700. The third-order valence-corrected chi connectivity index (χ3v) is 6.71. The molecule has 0 saturated heterocycles. The molecular formula is C30H43N2+. The van der Waals surface area contributed by atoms with Gasteiger partial charge in [0.25, 0.3) is 5.82 Å². The van der Waals surface area contributed by atoms with Gasteiger partial charge in [0, 0.05) is 6.42 Å². The number of aryl methyl sites for hydroxylation is 1. The van der Waals surface area contributed by atoms with Crippen molar-refractivity contribution in [1.29, 1.82) is 0 Å². The van der Waals surface area contributed by atoms with Gasteiger partial charge in [-0.2, -0.15) is 0 Å². The molecule has 0 radical (unpaired) electrons. The van der Waals surface area contributed by atoms with Gasteiger partial charge in [-0.3, -0.25) is 0 Å². The molecular weight excluding hydrogens is 388 g/mol. The van der Waals surface area contributed by atoms with Gasteiger partial charge in [0.05, 0.1) is 19.5 Å². The Labute approximate surface area is 196 Å². The van der Waals surface area contributed by atoms with E-state index in [9.17, 15) is 0 Å². The van der Waals surface area contributed by atoms with Crippen LogP contribution in [0.2, 0.25) is 0 Å². The first-order valence-electron chi connectivity index (χ1n) is 12.9. The number of hydrogen-bond acceptors (Lipinski definition) is 0. The van der Waals surface area contributed by atoms with E-state index in [4.69, 9.17) is 0 Å². The largest absolute Gasteiger partial charge is 0.261 e. The van der Waals surface area contributed by atoms with Crippen LogP contribution in [0.1, 0.15) is 94.3 Å². The second-order valence-electron chi connectivity index (χ2n) is 9.27. The predicted octanol–water partition coefficient (Wildman–Crippen LogP) is 7.48. The zero-order chi connectivity index (χ0) is 22.6. The molecule has 32 heavy (non-hydrogen) atoms. The van der Waals surface area contributed by atoms with E-state index in [-0.39, 0.29) is 0 Å². The van der Waals surface area contributed by atoms with Gasteiger partial charge < -0.3 is 0 Å². The monoisotopic (exact) mass is 431 g/mol. The molecule has 0 aliphatic carbocycles. The number of benzene rings is 2. The second-order valence-corrected chi connectivity index (χ2v) is 9.27. The van der Waals surface area contributed by atoms with Crippen molar-refractivity contribution in [2.75, 3.05) is 0 Å². The molecule has 0 aliphatic heterocycles. The van der Waals surface area contributed by atoms with Crippen LogP contribution < -0.4 is 4.57 Å². The van der Waals surface area contributed by atoms with E-state index in [0.717, 1.165) is 25.9 Å². The minimum atomic E-state index is 0.522. The van der Waals surface area contributed by atoms with Crippen molar-refractivity contribution in [2.24, 2.45) is 0 Å². The Bertz CT molecular complexity index is 895. The molecule has 1 unspecified atom stereocenters. The highest BCUT2D eigenvalue weighted by molar-refractivity contribution is 5.22. The number of nitrogens with zero attached hydrogens (tertiary/aromatic N) is 2. The van der Waals surface area contributed by atoms with Gasteiger partial charge in [0.2, 0.25) is 0 Å². The summed E-state index contributed by atoms with van der Waals surface area (Å²) < 4.78 is 5.14. The molecule has 0 N–H and O–H groups in total. The molecule has 3 rings (SSSR count). The number of aromatic nitrogens is 2. The van der Waals surface area contributed by atoms with E-state index in [1.807, 2.05) is 0 Å². The lowest BCUT2D eigenvalue weighted by Gasteiger charge is -2.12. The van der Waals surface area contributed by atoms with E-state index in [1.54, 1.807) is 0 Å². The van der Waals surface area contributed by atoms with Crippen molar-refractivity contribution < 1.29 is 4.57 Å². The average molecular weight is 432 g/mol. The molecule has 3 aromatic rings. The first-order chi connectivity index (χ1) is 15.7. The fourth-order valence-corrected chi connectivity index (χ4v) is 4.77. The second kappa shape index (κ2) is 13.3. The summed E-state index contributed by atoms with van der Waals surface area (Å²) in [5, 5.41) is 0. The maximum absolute atomic E-state index is 2.65. The molecule has 0 aliphatic rings. The van der Waals surface area contributed by atoms with Crippen molar-refractivity contribution in [3.8, 4) is 0 Å². The van der Waals surface area contributed by atoms with Crippen LogP contribution in [0.25, 0.3) is 0 Å². The average Bonchev–Trinajstić information content (AvgIpc) is 3.15. The molecule has 172 valence electrons. The Morgan fingerprint density at radius 1 is 0.781 bits per heavy atom. The standard InChI is InChI=1S/C30H43N2/c1-4-6-7-8-9-10-17-22-32-29(23-26(3)28-20-15-12-16-21-28)25-31(5-2)30(32)24-27-18-13-11-14-19-27/h11-16,18-21,25-26H,4-10,17,22-24H2,1-3H3/q+1. The van der Waals surface area contributed by atoms with Gasteiger partial charge in [-0.1, -0.05) is 107 Å². The van der Waals surface area contributed by atoms with Crippen molar-refractivity contribution in [1.82, 2.24) is 4.57 Å². The van der Waals surface area contributed by atoms with Crippen LogP contribution in [0.3, 0.4) is 0 Å². The molecule has 1 aromatic heterocycles. The maximum atomic E-state index is 2.65. The van der Waals surface area contributed by atoms with Gasteiger partial charge in [0.15, 0.2) is 0 Å². The van der Waals surface area contributed by atoms with Crippen LogP contribution in [0, 0.1) is 0 Å². The van der Waals surface area contributed by atoms with E-state index in [2.05, 4.69) is 96.8 Å². The molecule has 0 spiro atoms. The van der Waals surface area contributed by atoms with Gasteiger partial charge in [0.1, 0.15) is 11.9 Å². The summed E-state index contributed by atoms with van der Waals surface area (Å²) in [4.78, 5) is 0. The van der Waals surface area contributed by atoms with Crippen LogP contribution in [0.4, 0.5) is 0 Å². The lowest BCUT2D eigenvalue weighted by atomic mass is 9.96. The number of hydrogen-bond donors (Lipinski definition) is 0. The Hall–Kier alpha value is -2.35. The molecule has 2 aromatic carbocycles. The van der Waals surface area contributed by atoms with E-state index >= 15 is 0 Å². The first-order valence-corrected chi connectivity index (χ1v) is 12.9. The molecule has 1 atom stereocenters. The number of unbranched alkanes of at least 4 members (excludes halogenated alkanes) is 6. The fourth-order valence-electron chi connectivity index (χ4n) is 4.77. The van der Waals surface area contributed by atoms with Crippen LogP contribution >= 0.6 is 0 Å². The Morgan fingerprint density at radius 2 is 1.41 bits per heavy atom. The molecule has 0 fully saturated rings. The summed E-state index contributed by atoms with van der Waals surface area (Å²) in [7, 11) is 0. The minimum absolute atomic E-state index is 0.522. The predicted molar refractivity (Wildman–Crippen MR) is 136 cm³/mol. The van der Waals surface area contributed by atoms with Gasteiger partial charge in [-0.05, 0) is 36.8 Å². The minimum Gasteiger partial charge on any atom is -0.234 e. The summed E-state index contributed by atoms with van der Waals surface area (Å²) in [5.74, 6) is 1.98. The van der Waals surface area contributed by atoms with Crippen molar-refractivity contribution in [3.05, 3.63) is 89.5 Å². The Morgan fingerprint density at radius 3 is 2.06 bits per heavy atom. The van der Waals surface area contributed by atoms with Gasteiger partial charge in [-0.25, -0.2) is 9.13 Å². The van der Waals surface area contributed by atoms with Crippen LogP contribution in [-0.2, 0) is 25.9 Å². The topological polar surface area (TPSA) is 8.81 Å².